The van der Waals surface area contributed by atoms with Crippen LogP contribution < -0.4 is 5.32 Å². The number of rotatable bonds is 2. The molecule has 0 bridgehead atoms. The second-order valence-corrected chi connectivity index (χ2v) is 9.36. The number of hydrogen-bond donors (Lipinski definition) is 1. The van der Waals surface area contributed by atoms with Crippen molar-refractivity contribution >= 4 is 6.09 Å². The highest BCUT2D eigenvalue weighted by molar-refractivity contribution is 5.70. The molecule has 2 aliphatic heterocycles. The minimum absolute atomic E-state index is 0.0326. The van der Waals surface area contributed by atoms with Crippen molar-refractivity contribution in [2.75, 3.05) is 19.6 Å². The summed E-state index contributed by atoms with van der Waals surface area (Å²) < 4.78 is 7.78. The number of benzene rings is 1. The lowest BCUT2D eigenvalue weighted by Crippen LogP contribution is -2.46. The summed E-state index contributed by atoms with van der Waals surface area (Å²) in [5, 5.41) is 8.45. The first-order chi connectivity index (χ1) is 13.7. The van der Waals surface area contributed by atoms with Crippen LogP contribution in [0, 0.1) is 0 Å². The van der Waals surface area contributed by atoms with Gasteiger partial charge in [0.1, 0.15) is 5.60 Å². The van der Waals surface area contributed by atoms with Crippen LogP contribution in [0.3, 0.4) is 0 Å². The molecule has 2 aliphatic rings. The van der Waals surface area contributed by atoms with E-state index in [1.165, 1.54) is 16.8 Å². The number of nitrogens with one attached hydrogen (secondary N) is 1. The van der Waals surface area contributed by atoms with Crippen LogP contribution in [0.1, 0.15) is 69.1 Å². The molecular formula is C23H32N4O2. The molecule has 2 aromatic rings. The fraction of sp³-hybridized carbons (Fsp3) is 0.565. The van der Waals surface area contributed by atoms with Crippen LogP contribution in [0.4, 0.5) is 4.79 Å². The van der Waals surface area contributed by atoms with Crippen LogP contribution in [0.25, 0.3) is 5.69 Å². The molecule has 0 aliphatic carbocycles. The van der Waals surface area contributed by atoms with E-state index in [9.17, 15) is 4.79 Å². The van der Waals surface area contributed by atoms with Gasteiger partial charge in [0, 0.05) is 38.0 Å². The highest BCUT2D eigenvalue weighted by Crippen LogP contribution is 2.36. The van der Waals surface area contributed by atoms with Crippen molar-refractivity contribution in [2.45, 2.75) is 65.0 Å². The molecule has 1 atom stereocenters. The van der Waals surface area contributed by atoms with Crippen molar-refractivity contribution in [1.29, 1.82) is 0 Å². The lowest BCUT2D eigenvalue weighted by molar-refractivity contribution is 0.0142. The van der Waals surface area contributed by atoms with Crippen molar-refractivity contribution in [3.8, 4) is 5.69 Å². The highest BCUT2D eigenvalue weighted by Gasteiger charge is 2.38. The van der Waals surface area contributed by atoms with Gasteiger partial charge in [-0.2, -0.15) is 5.10 Å². The number of ether oxygens (including phenoxy) is 1. The van der Waals surface area contributed by atoms with Crippen molar-refractivity contribution in [3.63, 3.8) is 0 Å². The zero-order valence-electron chi connectivity index (χ0n) is 18.2. The number of carbonyl (C=O) groups is 1. The van der Waals surface area contributed by atoms with Gasteiger partial charge in [-0.3, -0.25) is 4.90 Å². The molecule has 0 unspecified atom stereocenters. The van der Waals surface area contributed by atoms with E-state index in [2.05, 4.69) is 48.1 Å². The third-order valence-corrected chi connectivity index (χ3v) is 5.71. The van der Waals surface area contributed by atoms with E-state index in [4.69, 9.17) is 9.84 Å². The molecule has 1 aromatic carbocycles. The molecule has 1 amide bonds. The van der Waals surface area contributed by atoms with Crippen LogP contribution in [0.15, 0.2) is 24.3 Å². The largest absolute Gasteiger partial charge is 0.444 e. The molecule has 0 fully saturated rings. The van der Waals surface area contributed by atoms with Crippen LogP contribution >= 0.6 is 0 Å². The summed E-state index contributed by atoms with van der Waals surface area (Å²) in [5.41, 5.74) is 5.45. The maximum absolute atomic E-state index is 12.9. The Balaban J connectivity index is 1.71. The van der Waals surface area contributed by atoms with Gasteiger partial charge in [-0.15, -0.1) is 0 Å². The maximum Gasteiger partial charge on any atom is 0.410 e. The lowest BCUT2D eigenvalue weighted by Gasteiger charge is -2.36. The first-order valence-electron chi connectivity index (χ1n) is 10.7. The Bertz CT molecular complexity index is 893. The minimum atomic E-state index is -0.499. The van der Waals surface area contributed by atoms with Gasteiger partial charge < -0.3 is 10.1 Å². The van der Waals surface area contributed by atoms with E-state index in [0.717, 1.165) is 37.3 Å². The molecule has 0 spiro atoms. The van der Waals surface area contributed by atoms with Gasteiger partial charge in [0.15, 0.2) is 0 Å². The second-order valence-electron chi connectivity index (χ2n) is 9.36. The van der Waals surface area contributed by atoms with Crippen molar-refractivity contribution < 1.29 is 9.53 Å². The number of amides is 1. The molecule has 29 heavy (non-hydrogen) atoms. The minimum Gasteiger partial charge on any atom is -0.444 e. The monoisotopic (exact) mass is 396 g/mol. The summed E-state index contributed by atoms with van der Waals surface area (Å²) in [7, 11) is 0. The van der Waals surface area contributed by atoms with Gasteiger partial charge in [0.25, 0.3) is 0 Å². The maximum atomic E-state index is 12.9. The van der Waals surface area contributed by atoms with Gasteiger partial charge >= 0.3 is 6.09 Å². The van der Waals surface area contributed by atoms with Crippen LogP contribution in [-0.2, 0) is 17.6 Å². The summed E-state index contributed by atoms with van der Waals surface area (Å²) >= 11 is 0. The van der Waals surface area contributed by atoms with Crippen molar-refractivity contribution in [1.82, 2.24) is 20.0 Å². The first kappa shape index (κ1) is 20.0. The highest BCUT2D eigenvalue weighted by atomic mass is 16.6. The lowest BCUT2D eigenvalue weighted by atomic mass is 9.96. The van der Waals surface area contributed by atoms with Gasteiger partial charge in [0.05, 0.1) is 23.1 Å². The third kappa shape index (κ3) is 3.90. The topological polar surface area (TPSA) is 59.4 Å². The SMILES string of the molecule is CC(C)c1ccc(-n2nc3c4c2CCN(C(=O)OC(C)(C)C)[C@H]4CNCC3)cc1. The fourth-order valence-corrected chi connectivity index (χ4v) is 4.27. The Hall–Kier alpha value is -2.34. The number of carbonyl (C=O) groups excluding carboxylic acids is 1. The molecule has 1 aromatic heterocycles. The third-order valence-electron chi connectivity index (χ3n) is 5.71. The van der Waals surface area contributed by atoms with E-state index >= 15 is 0 Å². The number of nitrogens with zero attached hydrogens (tertiary/aromatic N) is 3. The zero-order chi connectivity index (χ0) is 20.8. The van der Waals surface area contributed by atoms with E-state index in [-0.39, 0.29) is 12.1 Å². The molecule has 0 saturated carbocycles. The van der Waals surface area contributed by atoms with Gasteiger partial charge in [-0.25, -0.2) is 9.48 Å². The Morgan fingerprint density at radius 1 is 1.21 bits per heavy atom. The molecule has 0 radical (unpaired) electrons. The molecule has 156 valence electrons. The Labute approximate surface area is 173 Å². The Morgan fingerprint density at radius 3 is 2.59 bits per heavy atom. The fourth-order valence-electron chi connectivity index (χ4n) is 4.27. The van der Waals surface area contributed by atoms with E-state index in [1.807, 2.05) is 25.7 Å². The zero-order valence-corrected chi connectivity index (χ0v) is 18.2. The van der Waals surface area contributed by atoms with E-state index < -0.39 is 5.60 Å². The molecule has 6 heteroatoms. The van der Waals surface area contributed by atoms with Gasteiger partial charge in [0.2, 0.25) is 0 Å². The van der Waals surface area contributed by atoms with Crippen LogP contribution in [0.5, 0.6) is 0 Å². The molecule has 4 rings (SSSR count). The average molecular weight is 397 g/mol. The van der Waals surface area contributed by atoms with Crippen molar-refractivity contribution in [2.24, 2.45) is 0 Å². The quantitative estimate of drug-likeness (QED) is 0.834. The van der Waals surface area contributed by atoms with E-state index in [1.54, 1.807) is 0 Å². The van der Waals surface area contributed by atoms with Gasteiger partial charge in [-0.1, -0.05) is 26.0 Å². The van der Waals surface area contributed by atoms with Crippen LogP contribution in [0.2, 0.25) is 0 Å². The summed E-state index contributed by atoms with van der Waals surface area (Å²) in [6.45, 7) is 12.4. The number of hydrogen-bond acceptors (Lipinski definition) is 4. The Morgan fingerprint density at radius 2 is 1.93 bits per heavy atom. The van der Waals surface area contributed by atoms with E-state index in [0.29, 0.717) is 12.5 Å². The summed E-state index contributed by atoms with van der Waals surface area (Å²) in [4.78, 5) is 14.7. The summed E-state index contributed by atoms with van der Waals surface area (Å²) in [6, 6.07) is 8.66. The smallest absolute Gasteiger partial charge is 0.410 e. The predicted octanol–water partition coefficient (Wildman–Crippen LogP) is 3.98. The molecule has 1 N–H and O–H groups in total. The molecular weight excluding hydrogens is 364 g/mol. The molecule has 0 saturated heterocycles. The standard InChI is InChI=1S/C23H32N4O2/c1-15(2)16-6-8-17(9-7-16)27-19-11-13-26(22(28)29-23(3,4)5)20-14-24-12-10-18(25-27)21(19)20/h6-9,15,20,24H,10-14H2,1-5H3/t20-/m0/s1. The number of aromatic nitrogens is 2. The van der Waals surface area contributed by atoms with Crippen molar-refractivity contribution in [3.05, 3.63) is 46.8 Å². The molecule has 6 nitrogen and oxygen atoms in total. The summed E-state index contributed by atoms with van der Waals surface area (Å²) in [5.74, 6) is 0.509. The van der Waals surface area contributed by atoms with Crippen LogP contribution in [-0.4, -0.2) is 46.0 Å². The second kappa shape index (κ2) is 7.48. The first-order valence-corrected chi connectivity index (χ1v) is 10.7. The molecule has 3 heterocycles. The Kier molecular flexibility index (Phi) is 5.15. The summed E-state index contributed by atoms with van der Waals surface area (Å²) in [6.07, 6.45) is 1.42. The normalized spacial score (nSPS) is 19.1. The van der Waals surface area contributed by atoms with Gasteiger partial charge in [-0.05, 0) is 44.4 Å². The predicted molar refractivity (Wildman–Crippen MR) is 114 cm³/mol. The average Bonchev–Trinajstić information content (AvgIpc) is 2.89.